The number of aromatic nitrogens is 1. The lowest BCUT2D eigenvalue weighted by molar-refractivity contribution is -0.142. The molecule has 1 heterocycles. The first-order chi connectivity index (χ1) is 8.89. The molecule has 5 heteroatoms. The van der Waals surface area contributed by atoms with Gasteiger partial charge in [0.25, 0.3) is 0 Å². The summed E-state index contributed by atoms with van der Waals surface area (Å²) in [5.41, 5.74) is 0.130. The van der Waals surface area contributed by atoms with Gasteiger partial charge in [0.15, 0.2) is 5.89 Å². The van der Waals surface area contributed by atoms with E-state index in [-0.39, 0.29) is 5.82 Å². The zero-order valence-corrected chi connectivity index (χ0v) is 10.7. The summed E-state index contributed by atoms with van der Waals surface area (Å²) in [6, 6.07) is 6.00. The van der Waals surface area contributed by atoms with Crippen molar-refractivity contribution in [1.82, 2.24) is 4.98 Å². The molecule has 0 radical (unpaired) electrons. The molecule has 0 aliphatic heterocycles. The molecule has 19 heavy (non-hydrogen) atoms. The first-order valence-corrected chi connectivity index (χ1v) is 5.82. The number of halogens is 1. The lowest BCUT2D eigenvalue weighted by atomic mass is 9.90. The molecular weight excluding hydrogens is 249 g/mol. The van der Waals surface area contributed by atoms with Crippen molar-refractivity contribution in [2.75, 3.05) is 0 Å². The van der Waals surface area contributed by atoms with E-state index in [9.17, 15) is 9.18 Å². The third-order valence-electron chi connectivity index (χ3n) is 3.00. The fourth-order valence-electron chi connectivity index (χ4n) is 1.57. The number of carbonyl (C=O) groups is 1. The molecule has 2 rings (SSSR count). The maximum absolute atomic E-state index is 12.8. The van der Waals surface area contributed by atoms with Crippen molar-refractivity contribution in [3.05, 3.63) is 53.5 Å². The molecule has 100 valence electrons. The second-order valence-electron chi connectivity index (χ2n) is 4.86. The topological polar surface area (TPSA) is 63.3 Å². The fourth-order valence-corrected chi connectivity index (χ4v) is 1.57. The average molecular weight is 263 g/mol. The van der Waals surface area contributed by atoms with E-state index in [4.69, 9.17) is 9.52 Å². The first-order valence-electron chi connectivity index (χ1n) is 5.82. The van der Waals surface area contributed by atoms with Crippen LogP contribution in [0.4, 0.5) is 4.39 Å². The monoisotopic (exact) mass is 263 g/mol. The van der Waals surface area contributed by atoms with Crippen molar-refractivity contribution in [1.29, 1.82) is 0 Å². The van der Waals surface area contributed by atoms with Crippen LogP contribution in [0.5, 0.6) is 0 Å². The molecule has 1 aromatic carbocycles. The summed E-state index contributed by atoms with van der Waals surface area (Å²) in [7, 11) is 0. The van der Waals surface area contributed by atoms with Crippen molar-refractivity contribution in [2.45, 2.75) is 25.7 Å². The third-order valence-corrected chi connectivity index (χ3v) is 3.00. The van der Waals surface area contributed by atoms with Crippen LogP contribution in [-0.4, -0.2) is 16.1 Å². The van der Waals surface area contributed by atoms with E-state index in [1.807, 2.05) is 0 Å². The Bertz CT molecular complexity index is 587. The number of carboxylic acid groups (broad SMARTS) is 1. The quantitative estimate of drug-likeness (QED) is 0.921. The van der Waals surface area contributed by atoms with Gasteiger partial charge in [-0.05, 0) is 31.5 Å². The van der Waals surface area contributed by atoms with Gasteiger partial charge >= 0.3 is 5.97 Å². The normalized spacial score (nSPS) is 11.5. The van der Waals surface area contributed by atoms with E-state index < -0.39 is 11.4 Å². The summed E-state index contributed by atoms with van der Waals surface area (Å²) < 4.78 is 18.0. The molecule has 2 aromatic rings. The maximum atomic E-state index is 12.8. The van der Waals surface area contributed by atoms with E-state index in [0.717, 1.165) is 5.56 Å². The van der Waals surface area contributed by atoms with Crippen LogP contribution in [0.15, 0.2) is 34.9 Å². The van der Waals surface area contributed by atoms with Crippen LogP contribution in [0.2, 0.25) is 0 Å². The Morgan fingerprint density at radius 3 is 2.58 bits per heavy atom. The molecule has 0 fully saturated rings. The molecule has 0 aliphatic rings. The van der Waals surface area contributed by atoms with Crippen molar-refractivity contribution in [3.63, 3.8) is 0 Å². The highest BCUT2D eigenvalue weighted by Crippen LogP contribution is 2.23. The van der Waals surface area contributed by atoms with Gasteiger partial charge in [-0.1, -0.05) is 12.1 Å². The van der Waals surface area contributed by atoms with E-state index in [1.165, 1.54) is 18.4 Å². The van der Waals surface area contributed by atoms with Gasteiger partial charge in [0, 0.05) is 6.42 Å². The van der Waals surface area contributed by atoms with Gasteiger partial charge in [0.2, 0.25) is 0 Å². The lowest BCUT2D eigenvalue weighted by Crippen LogP contribution is -2.28. The number of aliphatic carboxylic acids is 1. The van der Waals surface area contributed by atoms with Crippen molar-refractivity contribution < 1.29 is 18.7 Å². The zero-order chi connectivity index (χ0) is 14.0. The van der Waals surface area contributed by atoms with Crippen LogP contribution in [-0.2, 0) is 16.6 Å². The Balaban J connectivity index is 2.18. The molecule has 1 N–H and O–H groups in total. The van der Waals surface area contributed by atoms with Crippen LogP contribution in [0.3, 0.4) is 0 Å². The minimum atomic E-state index is -1.09. The smallest absolute Gasteiger partial charge is 0.315 e. The Kier molecular flexibility index (Phi) is 3.38. The first kappa shape index (κ1) is 13.3. The summed E-state index contributed by atoms with van der Waals surface area (Å²) in [5, 5.41) is 9.10. The Hall–Kier alpha value is -2.17. The van der Waals surface area contributed by atoms with Crippen molar-refractivity contribution in [3.8, 4) is 0 Å². The summed E-state index contributed by atoms with van der Waals surface area (Å²) >= 11 is 0. The van der Waals surface area contributed by atoms with Crippen molar-refractivity contribution >= 4 is 5.97 Å². The second-order valence-corrected chi connectivity index (χ2v) is 4.86. The number of rotatable bonds is 4. The number of oxazole rings is 1. The number of hydrogen-bond acceptors (Lipinski definition) is 3. The molecule has 0 saturated carbocycles. The Morgan fingerprint density at radius 2 is 2.00 bits per heavy atom. The lowest BCUT2D eigenvalue weighted by Gasteiger charge is -2.14. The predicted octanol–water partition coefficient (Wildman–Crippen LogP) is 2.77. The summed E-state index contributed by atoms with van der Waals surface area (Å²) in [4.78, 5) is 15.3. The zero-order valence-electron chi connectivity index (χ0n) is 10.7. The maximum Gasteiger partial charge on any atom is 0.315 e. The summed E-state index contributed by atoms with van der Waals surface area (Å²) in [6.07, 6.45) is 1.75. The minimum absolute atomic E-state index is 0.302. The van der Waals surface area contributed by atoms with Crippen LogP contribution in [0, 0.1) is 5.82 Å². The standard InChI is InChI=1S/C14H14FNO3/c1-14(2,13(17)18)11-8-19-12(16-11)7-9-3-5-10(15)6-4-9/h3-6,8H,7H2,1-2H3,(H,17,18). The number of hydrogen-bond donors (Lipinski definition) is 1. The molecule has 0 bridgehead atoms. The second kappa shape index (κ2) is 4.84. The van der Waals surface area contributed by atoms with Gasteiger partial charge in [0.05, 0.1) is 5.69 Å². The number of carboxylic acids is 1. The van der Waals surface area contributed by atoms with Gasteiger partial charge in [0.1, 0.15) is 17.5 Å². The van der Waals surface area contributed by atoms with Crippen LogP contribution in [0.1, 0.15) is 31.0 Å². The average Bonchev–Trinajstić information content (AvgIpc) is 2.81. The molecule has 0 unspecified atom stereocenters. The summed E-state index contributed by atoms with van der Waals surface area (Å²) in [5.74, 6) is -0.853. The molecular formula is C14H14FNO3. The minimum Gasteiger partial charge on any atom is -0.481 e. The van der Waals surface area contributed by atoms with Gasteiger partial charge in [-0.2, -0.15) is 0 Å². The molecule has 0 amide bonds. The van der Waals surface area contributed by atoms with Crippen LogP contribution in [0.25, 0.3) is 0 Å². The van der Waals surface area contributed by atoms with Crippen molar-refractivity contribution in [2.24, 2.45) is 0 Å². The van der Waals surface area contributed by atoms with Gasteiger partial charge in [-0.15, -0.1) is 0 Å². The molecule has 1 aromatic heterocycles. The fraction of sp³-hybridized carbons (Fsp3) is 0.286. The molecule has 0 atom stereocenters. The highest BCUT2D eigenvalue weighted by atomic mass is 19.1. The molecule has 0 aliphatic carbocycles. The number of benzene rings is 1. The Morgan fingerprint density at radius 1 is 1.37 bits per heavy atom. The van der Waals surface area contributed by atoms with E-state index in [1.54, 1.807) is 26.0 Å². The van der Waals surface area contributed by atoms with Gasteiger partial charge in [-0.25, -0.2) is 9.37 Å². The third kappa shape index (κ3) is 2.81. The van der Waals surface area contributed by atoms with Crippen LogP contribution >= 0.6 is 0 Å². The Labute approximate surface area is 109 Å². The number of nitrogens with zero attached hydrogens (tertiary/aromatic N) is 1. The van der Waals surface area contributed by atoms with E-state index in [0.29, 0.717) is 18.0 Å². The van der Waals surface area contributed by atoms with Crippen LogP contribution < -0.4 is 0 Å². The molecule has 4 nitrogen and oxygen atoms in total. The van der Waals surface area contributed by atoms with Gasteiger partial charge < -0.3 is 9.52 Å². The SMILES string of the molecule is CC(C)(C(=O)O)c1coc(Cc2ccc(F)cc2)n1. The largest absolute Gasteiger partial charge is 0.481 e. The predicted molar refractivity (Wildman–Crippen MR) is 66.4 cm³/mol. The molecule has 0 saturated heterocycles. The highest BCUT2D eigenvalue weighted by Gasteiger charge is 2.32. The summed E-state index contributed by atoms with van der Waals surface area (Å²) in [6.45, 7) is 3.13. The highest BCUT2D eigenvalue weighted by molar-refractivity contribution is 5.79. The van der Waals surface area contributed by atoms with E-state index in [2.05, 4.69) is 4.98 Å². The van der Waals surface area contributed by atoms with E-state index >= 15 is 0 Å². The van der Waals surface area contributed by atoms with Gasteiger partial charge in [-0.3, -0.25) is 4.79 Å². The molecule has 0 spiro atoms.